The van der Waals surface area contributed by atoms with E-state index in [1.165, 1.54) is 83.5 Å². The number of carbonyl (C=O) groups is 4. The van der Waals surface area contributed by atoms with Crippen molar-refractivity contribution in [3.8, 4) is 0 Å². The fourth-order valence-electron chi connectivity index (χ4n) is 7.45. The van der Waals surface area contributed by atoms with Gasteiger partial charge in [0.05, 0.1) is 0 Å². The third kappa shape index (κ3) is 95.1. The van der Waals surface area contributed by atoms with Crippen molar-refractivity contribution in [3.05, 3.63) is 146 Å². The molecule has 0 radical (unpaired) electrons. The average Bonchev–Trinajstić information content (AvgIpc) is 3.43. The van der Waals surface area contributed by atoms with Gasteiger partial charge in [-0.25, -0.2) is 0 Å². The van der Waals surface area contributed by atoms with Crippen LogP contribution in [0.2, 0.25) is 0 Å². The fourth-order valence-corrected chi connectivity index (χ4v) is 7.45. The Hall–Kier alpha value is -5.24. The first-order chi connectivity index (χ1) is 39.1. The Balaban J connectivity index is -0.000000481. The lowest BCUT2D eigenvalue weighted by molar-refractivity contribution is -0.138. The minimum Gasteiger partial charge on any atom is -0.481 e. The van der Waals surface area contributed by atoms with Crippen molar-refractivity contribution in [3.63, 3.8) is 0 Å². The Morgan fingerprint density at radius 1 is 0.212 bits per heavy atom. The number of carboxylic acid groups (broad SMARTS) is 4. The first-order valence-corrected chi connectivity index (χ1v) is 31.8. The third-order valence-electron chi connectivity index (χ3n) is 12.1. The monoisotopic (exact) mass is 1110 g/mol. The number of hydrogen-bond acceptors (Lipinski definition) is 4. The minimum atomic E-state index is -0.699. The summed E-state index contributed by atoms with van der Waals surface area (Å²) in [6, 6.07) is 0. The summed E-state index contributed by atoms with van der Waals surface area (Å²) >= 11 is 0. The van der Waals surface area contributed by atoms with Gasteiger partial charge in [-0.05, 0) is 167 Å². The topological polar surface area (TPSA) is 149 Å². The van der Waals surface area contributed by atoms with Crippen molar-refractivity contribution < 1.29 is 39.6 Å². The second kappa shape index (κ2) is 78.0. The molecule has 8 heteroatoms. The normalized spacial score (nSPS) is 12.1. The lowest BCUT2D eigenvalue weighted by atomic mass is 10.1. The summed E-state index contributed by atoms with van der Waals surface area (Å²) in [6.07, 6.45) is 93.5. The van der Waals surface area contributed by atoms with Crippen LogP contribution in [0.3, 0.4) is 0 Å². The van der Waals surface area contributed by atoms with Crippen LogP contribution in [0.5, 0.6) is 0 Å². The van der Waals surface area contributed by atoms with Gasteiger partial charge in [0.1, 0.15) is 0 Å². The molecule has 80 heavy (non-hydrogen) atoms. The highest BCUT2D eigenvalue weighted by atomic mass is 16.4. The molecule has 0 saturated carbocycles. The van der Waals surface area contributed by atoms with Gasteiger partial charge in [-0.3, -0.25) is 19.2 Å². The second-order valence-electron chi connectivity index (χ2n) is 20.0. The standard InChI is InChI=1S/C18H32O2.2C18H30O2.C18H28O2/c4*1-2-3-4-5-6-7-8-9-10-11-12-13-14-15-16-17-18(19)20/h6-7,9-10H,2-5,8,11-17H2,1H3,(H,19,20);6-7,9-10,12-13H,2-5,8,11,14-17H2,1H3,(H,19,20);3-4,6-7,9-10H,2,5,8,11-17H2,1H3,(H,19,20);3-4,6-7,9-10,12-13H,2,5,8,11,14-17H2,1H3,(H,19,20)/b7-6-,10-9-;7-6-,10-9-,13-12-;4-3-,7-6-,10-9-;4-3-,7-6-,10-9-,13-12-. The number of unbranched alkanes of at least 4 members (excludes halogenated alkanes) is 20. The summed E-state index contributed by atoms with van der Waals surface area (Å²) in [5, 5.41) is 34.0. The van der Waals surface area contributed by atoms with E-state index in [4.69, 9.17) is 20.4 Å². The minimum absolute atomic E-state index is 0.285. The molecule has 0 aromatic heterocycles. The van der Waals surface area contributed by atoms with Crippen LogP contribution in [0.15, 0.2) is 146 Å². The van der Waals surface area contributed by atoms with E-state index in [1.807, 2.05) is 0 Å². The zero-order valence-corrected chi connectivity index (χ0v) is 51.6. The molecule has 0 saturated heterocycles. The highest BCUT2D eigenvalue weighted by molar-refractivity contribution is 5.67. The van der Waals surface area contributed by atoms with Crippen molar-refractivity contribution in [1.82, 2.24) is 0 Å². The molecule has 4 N–H and O–H groups in total. The summed E-state index contributed by atoms with van der Waals surface area (Å²) in [4.78, 5) is 41.2. The molecule has 0 heterocycles. The zero-order chi connectivity index (χ0) is 59.6. The van der Waals surface area contributed by atoms with Crippen LogP contribution in [0.4, 0.5) is 0 Å². The molecule has 0 unspecified atom stereocenters. The summed E-state index contributed by atoms with van der Waals surface area (Å²) in [5.41, 5.74) is 0. The number of rotatable bonds is 52. The highest BCUT2D eigenvalue weighted by Gasteiger charge is 1.98. The van der Waals surface area contributed by atoms with Gasteiger partial charge in [-0.15, -0.1) is 0 Å². The van der Waals surface area contributed by atoms with Crippen LogP contribution in [0, 0.1) is 0 Å². The average molecular weight is 1110 g/mol. The number of aliphatic carboxylic acids is 4. The number of carboxylic acids is 4. The Kier molecular flexibility index (Phi) is 79.2. The lowest BCUT2D eigenvalue weighted by Crippen LogP contribution is -1.93. The molecule has 0 fully saturated rings. The smallest absolute Gasteiger partial charge is 0.303 e. The largest absolute Gasteiger partial charge is 0.481 e. The Morgan fingerprint density at radius 2 is 0.375 bits per heavy atom. The van der Waals surface area contributed by atoms with E-state index in [1.54, 1.807) is 0 Å². The zero-order valence-electron chi connectivity index (χ0n) is 51.6. The van der Waals surface area contributed by atoms with Gasteiger partial charge in [-0.1, -0.05) is 238 Å². The van der Waals surface area contributed by atoms with Crippen LogP contribution in [0.1, 0.15) is 285 Å². The molecule has 0 aromatic carbocycles. The van der Waals surface area contributed by atoms with E-state index in [2.05, 4.69) is 174 Å². The quantitative estimate of drug-likeness (QED) is 0.0347. The van der Waals surface area contributed by atoms with E-state index >= 15 is 0 Å². The Morgan fingerprint density at radius 3 is 0.588 bits per heavy atom. The molecule has 0 atom stereocenters. The fraction of sp³-hybridized carbons (Fsp3) is 0.611. The number of allylic oxidation sites excluding steroid dienone is 24. The van der Waals surface area contributed by atoms with Crippen LogP contribution in [-0.4, -0.2) is 44.3 Å². The SMILES string of the molecule is CC/C=C\C/C=C\C/C=C\C/C=C\CCCCC(=O)O.CC/C=C\C/C=C\C/C=C\CCCCCCCC(=O)O.CCCCC/C=C\C/C=C\C/C=C\CCCCC(=O)O.CCCCC/C=C\C/C=C\CCCCCCCC(=O)O. The van der Waals surface area contributed by atoms with Gasteiger partial charge in [0.2, 0.25) is 0 Å². The van der Waals surface area contributed by atoms with Crippen LogP contribution in [0.25, 0.3) is 0 Å². The van der Waals surface area contributed by atoms with Crippen molar-refractivity contribution in [2.24, 2.45) is 0 Å². The maximum atomic E-state index is 10.3. The molecule has 0 aliphatic heterocycles. The van der Waals surface area contributed by atoms with Crippen molar-refractivity contribution in [2.75, 3.05) is 0 Å². The molecule has 456 valence electrons. The van der Waals surface area contributed by atoms with Gasteiger partial charge in [0.25, 0.3) is 0 Å². The van der Waals surface area contributed by atoms with Crippen molar-refractivity contribution in [1.29, 1.82) is 0 Å². The van der Waals surface area contributed by atoms with E-state index in [0.717, 1.165) is 148 Å². The molecular weight excluding hydrogens is 993 g/mol. The second-order valence-corrected chi connectivity index (χ2v) is 20.0. The van der Waals surface area contributed by atoms with E-state index in [9.17, 15) is 19.2 Å². The summed E-state index contributed by atoms with van der Waals surface area (Å²) in [6.45, 7) is 8.75. The van der Waals surface area contributed by atoms with Crippen LogP contribution < -0.4 is 0 Å². The first kappa shape index (κ1) is 81.2. The summed E-state index contributed by atoms with van der Waals surface area (Å²) in [5.74, 6) is -2.74. The maximum absolute atomic E-state index is 10.3. The van der Waals surface area contributed by atoms with Gasteiger partial charge in [0.15, 0.2) is 0 Å². The number of hydrogen-bond donors (Lipinski definition) is 4. The molecule has 0 aliphatic carbocycles. The first-order valence-electron chi connectivity index (χ1n) is 31.8. The van der Waals surface area contributed by atoms with Gasteiger partial charge < -0.3 is 20.4 Å². The molecule has 0 rings (SSSR count). The third-order valence-corrected chi connectivity index (χ3v) is 12.1. The molecule has 0 aliphatic rings. The summed E-state index contributed by atoms with van der Waals surface area (Å²) in [7, 11) is 0. The van der Waals surface area contributed by atoms with Crippen LogP contribution in [-0.2, 0) is 19.2 Å². The van der Waals surface area contributed by atoms with Gasteiger partial charge >= 0.3 is 23.9 Å². The Bertz CT molecular complexity index is 1700. The molecular formula is C72H120O8. The molecule has 0 amide bonds. The lowest BCUT2D eigenvalue weighted by Gasteiger charge is -1.98. The van der Waals surface area contributed by atoms with E-state index in [0.29, 0.717) is 19.3 Å². The summed E-state index contributed by atoms with van der Waals surface area (Å²) < 4.78 is 0. The molecule has 0 spiro atoms. The van der Waals surface area contributed by atoms with Crippen molar-refractivity contribution in [2.45, 2.75) is 285 Å². The predicted octanol–water partition coefficient (Wildman–Crippen LogP) is 22.6. The van der Waals surface area contributed by atoms with Gasteiger partial charge in [0, 0.05) is 25.7 Å². The Labute approximate surface area is 491 Å². The van der Waals surface area contributed by atoms with Crippen molar-refractivity contribution >= 4 is 23.9 Å². The highest BCUT2D eigenvalue weighted by Crippen LogP contribution is 2.10. The van der Waals surface area contributed by atoms with E-state index in [-0.39, 0.29) is 6.42 Å². The molecule has 0 bridgehead atoms. The van der Waals surface area contributed by atoms with Gasteiger partial charge in [-0.2, -0.15) is 0 Å². The van der Waals surface area contributed by atoms with Crippen LogP contribution >= 0.6 is 0 Å². The molecule has 8 nitrogen and oxygen atoms in total. The molecule has 0 aromatic rings. The maximum Gasteiger partial charge on any atom is 0.303 e. The van der Waals surface area contributed by atoms with E-state index < -0.39 is 23.9 Å². The predicted molar refractivity (Wildman–Crippen MR) is 348 cm³/mol.